The van der Waals surface area contributed by atoms with Gasteiger partial charge in [0.2, 0.25) is 0 Å². The van der Waals surface area contributed by atoms with E-state index in [2.05, 4.69) is 5.32 Å². The van der Waals surface area contributed by atoms with Crippen LogP contribution in [0, 0.1) is 5.92 Å². The number of halogens is 1. The summed E-state index contributed by atoms with van der Waals surface area (Å²) in [5.41, 5.74) is 0. The van der Waals surface area contributed by atoms with Gasteiger partial charge >= 0.3 is 5.97 Å². The van der Waals surface area contributed by atoms with Crippen LogP contribution in [0.4, 0.5) is 0 Å². The van der Waals surface area contributed by atoms with Gasteiger partial charge in [-0.2, -0.15) is 0 Å². The van der Waals surface area contributed by atoms with Crippen molar-refractivity contribution in [1.82, 2.24) is 5.32 Å². The Morgan fingerprint density at radius 1 is 1.70 bits per heavy atom. The fourth-order valence-corrected chi connectivity index (χ4v) is 1.20. The molecular weight excluding hydrogens is 154 g/mol. The minimum Gasteiger partial charge on any atom is -0.481 e. The Balaban J connectivity index is 0.000000810. The summed E-state index contributed by atoms with van der Waals surface area (Å²) in [5.74, 6) is -0.836. The first-order chi connectivity index (χ1) is 4.22. The van der Waals surface area contributed by atoms with Gasteiger partial charge in [-0.25, -0.2) is 0 Å². The largest absolute Gasteiger partial charge is 0.481 e. The molecule has 0 bridgehead atoms. The highest BCUT2D eigenvalue weighted by atomic mass is 35.5. The van der Waals surface area contributed by atoms with Gasteiger partial charge in [-0.15, -0.1) is 12.4 Å². The lowest BCUT2D eigenvalue weighted by Crippen LogP contribution is -2.27. The maximum absolute atomic E-state index is 10.4. The van der Waals surface area contributed by atoms with Crippen molar-refractivity contribution in [3.63, 3.8) is 0 Å². The van der Waals surface area contributed by atoms with Crippen LogP contribution >= 0.6 is 12.4 Å². The second-order valence-corrected chi connectivity index (χ2v) is 2.48. The van der Waals surface area contributed by atoms with Gasteiger partial charge in [-0.3, -0.25) is 4.79 Å². The molecule has 4 heteroatoms. The number of carboxylic acids is 1. The monoisotopic (exact) mass is 165 g/mol. The molecule has 3 nitrogen and oxygen atoms in total. The zero-order chi connectivity index (χ0) is 6.85. The Morgan fingerprint density at radius 2 is 2.30 bits per heavy atom. The van der Waals surface area contributed by atoms with E-state index in [1.165, 1.54) is 0 Å². The van der Waals surface area contributed by atoms with Gasteiger partial charge < -0.3 is 10.4 Å². The van der Waals surface area contributed by atoms with E-state index in [1.807, 2.05) is 6.92 Å². The number of carbonyl (C=O) groups is 1. The van der Waals surface area contributed by atoms with E-state index in [9.17, 15) is 4.79 Å². The standard InChI is InChI=1S/C6H11NO2.ClH/c1-4-5(6(8)9)2-3-7-4;/h4-5,7H,2-3H2,1H3,(H,8,9);1H/t4-,5+;/m0./s1. The molecule has 0 saturated carbocycles. The van der Waals surface area contributed by atoms with E-state index in [0.717, 1.165) is 13.0 Å². The molecule has 1 aliphatic rings. The van der Waals surface area contributed by atoms with Crippen molar-refractivity contribution < 1.29 is 9.90 Å². The quantitative estimate of drug-likeness (QED) is 0.595. The first-order valence-corrected chi connectivity index (χ1v) is 3.18. The number of rotatable bonds is 1. The summed E-state index contributed by atoms with van der Waals surface area (Å²) in [5, 5.41) is 11.6. The molecule has 0 aromatic rings. The lowest BCUT2D eigenvalue weighted by atomic mass is 10.0. The average Bonchev–Trinajstić information content (AvgIpc) is 2.13. The molecule has 1 heterocycles. The Kier molecular flexibility index (Phi) is 3.68. The van der Waals surface area contributed by atoms with Crippen molar-refractivity contribution in [1.29, 1.82) is 0 Å². The van der Waals surface area contributed by atoms with Crippen LogP contribution in [-0.4, -0.2) is 23.7 Å². The van der Waals surface area contributed by atoms with Gasteiger partial charge in [-0.1, -0.05) is 0 Å². The number of hydrogen-bond donors (Lipinski definition) is 2. The molecule has 0 aromatic carbocycles. The molecular formula is C6H12ClNO2. The molecule has 0 aliphatic carbocycles. The molecule has 0 spiro atoms. The minimum atomic E-state index is -0.674. The smallest absolute Gasteiger partial charge is 0.308 e. The zero-order valence-electron chi connectivity index (χ0n) is 5.83. The van der Waals surface area contributed by atoms with Crippen LogP contribution in [0.5, 0.6) is 0 Å². The number of carboxylic acid groups (broad SMARTS) is 1. The van der Waals surface area contributed by atoms with E-state index in [0.29, 0.717) is 0 Å². The van der Waals surface area contributed by atoms with Crippen molar-refractivity contribution in [2.45, 2.75) is 19.4 Å². The van der Waals surface area contributed by atoms with Crippen LogP contribution in [0.3, 0.4) is 0 Å². The van der Waals surface area contributed by atoms with Crippen LogP contribution < -0.4 is 5.32 Å². The van der Waals surface area contributed by atoms with Crippen molar-refractivity contribution >= 4 is 18.4 Å². The molecule has 0 unspecified atom stereocenters. The molecule has 1 rings (SSSR count). The van der Waals surface area contributed by atoms with Crippen LogP contribution in [0.25, 0.3) is 0 Å². The fourth-order valence-electron chi connectivity index (χ4n) is 1.20. The Hall–Kier alpha value is -0.280. The first kappa shape index (κ1) is 9.72. The van der Waals surface area contributed by atoms with Crippen molar-refractivity contribution in [3.05, 3.63) is 0 Å². The van der Waals surface area contributed by atoms with E-state index >= 15 is 0 Å². The molecule has 0 amide bonds. The predicted octanol–water partition coefficient (Wildman–Crippen LogP) is 0.491. The third kappa shape index (κ3) is 1.85. The normalized spacial score (nSPS) is 31.3. The maximum Gasteiger partial charge on any atom is 0.308 e. The van der Waals surface area contributed by atoms with Gasteiger partial charge in [0.1, 0.15) is 0 Å². The zero-order valence-corrected chi connectivity index (χ0v) is 6.65. The van der Waals surface area contributed by atoms with E-state index in [1.54, 1.807) is 0 Å². The summed E-state index contributed by atoms with van der Waals surface area (Å²) in [6, 6.07) is 0.155. The molecule has 10 heavy (non-hydrogen) atoms. The Labute approximate surface area is 66.2 Å². The lowest BCUT2D eigenvalue weighted by Gasteiger charge is -2.07. The predicted molar refractivity (Wildman–Crippen MR) is 40.5 cm³/mol. The van der Waals surface area contributed by atoms with Crippen molar-refractivity contribution in [2.75, 3.05) is 6.54 Å². The third-order valence-corrected chi connectivity index (χ3v) is 1.84. The van der Waals surface area contributed by atoms with Crippen molar-refractivity contribution in [3.8, 4) is 0 Å². The molecule has 2 N–H and O–H groups in total. The van der Waals surface area contributed by atoms with Crippen LogP contribution in [-0.2, 0) is 4.79 Å². The highest BCUT2D eigenvalue weighted by molar-refractivity contribution is 5.85. The molecule has 1 aliphatic heterocycles. The van der Waals surface area contributed by atoms with E-state index in [-0.39, 0.29) is 24.4 Å². The van der Waals surface area contributed by atoms with Crippen LogP contribution in [0.1, 0.15) is 13.3 Å². The van der Waals surface area contributed by atoms with E-state index in [4.69, 9.17) is 5.11 Å². The minimum absolute atomic E-state index is 0. The van der Waals surface area contributed by atoms with Crippen LogP contribution in [0.15, 0.2) is 0 Å². The molecule has 0 radical (unpaired) electrons. The van der Waals surface area contributed by atoms with Crippen molar-refractivity contribution in [2.24, 2.45) is 5.92 Å². The Morgan fingerprint density at radius 3 is 2.50 bits per heavy atom. The summed E-state index contributed by atoms with van der Waals surface area (Å²) >= 11 is 0. The summed E-state index contributed by atoms with van der Waals surface area (Å²) in [7, 11) is 0. The van der Waals surface area contributed by atoms with E-state index < -0.39 is 5.97 Å². The van der Waals surface area contributed by atoms with Gasteiger partial charge in [0.25, 0.3) is 0 Å². The average molecular weight is 166 g/mol. The van der Waals surface area contributed by atoms with Crippen LogP contribution in [0.2, 0.25) is 0 Å². The van der Waals surface area contributed by atoms with Gasteiger partial charge in [-0.05, 0) is 19.9 Å². The second kappa shape index (κ2) is 3.78. The summed E-state index contributed by atoms with van der Waals surface area (Å²) in [6.07, 6.45) is 0.774. The topological polar surface area (TPSA) is 49.3 Å². The number of nitrogens with one attached hydrogen (secondary N) is 1. The summed E-state index contributed by atoms with van der Waals surface area (Å²) in [6.45, 7) is 2.75. The number of hydrogen-bond acceptors (Lipinski definition) is 2. The third-order valence-electron chi connectivity index (χ3n) is 1.84. The maximum atomic E-state index is 10.4. The summed E-state index contributed by atoms with van der Waals surface area (Å²) in [4.78, 5) is 10.4. The van der Waals surface area contributed by atoms with Gasteiger partial charge in [0.05, 0.1) is 5.92 Å². The molecule has 1 fully saturated rings. The molecule has 0 aromatic heterocycles. The first-order valence-electron chi connectivity index (χ1n) is 3.18. The highest BCUT2D eigenvalue weighted by Crippen LogP contribution is 2.14. The highest BCUT2D eigenvalue weighted by Gasteiger charge is 2.28. The van der Waals surface area contributed by atoms with Gasteiger partial charge in [0.15, 0.2) is 0 Å². The molecule has 2 atom stereocenters. The summed E-state index contributed by atoms with van der Waals surface area (Å²) < 4.78 is 0. The SMILES string of the molecule is C[C@@H]1NCC[C@H]1C(=O)O.Cl. The Bertz CT molecular complexity index is 129. The molecule has 1 saturated heterocycles. The lowest BCUT2D eigenvalue weighted by molar-refractivity contribution is -0.141. The second-order valence-electron chi connectivity index (χ2n) is 2.48. The fraction of sp³-hybridized carbons (Fsp3) is 0.833. The molecule has 60 valence electrons. The van der Waals surface area contributed by atoms with Gasteiger partial charge in [0, 0.05) is 6.04 Å². The number of aliphatic carboxylic acids is 1.